The molecule has 3 rings (SSSR count). The molecule has 0 radical (unpaired) electrons. The van der Waals surface area contributed by atoms with Gasteiger partial charge in [-0.25, -0.2) is 0 Å². The minimum absolute atomic E-state index is 0.0235. The lowest BCUT2D eigenvalue weighted by Crippen LogP contribution is -2.46. The molecule has 12 heteroatoms. The Morgan fingerprint density at radius 1 is 0.968 bits per heavy atom. The first-order valence-corrected chi connectivity index (χ1v) is 10.2. The van der Waals surface area contributed by atoms with E-state index in [1.165, 1.54) is 4.90 Å². The summed E-state index contributed by atoms with van der Waals surface area (Å²) in [4.78, 5) is 34.6. The Kier molecular flexibility index (Phi) is 6.65. The number of nitrogens with zero attached hydrogens (tertiary/aromatic N) is 3. The normalized spacial score (nSPS) is 18.6. The molecule has 0 bridgehead atoms. The third-order valence-corrected chi connectivity index (χ3v) is 5.92. The maximum absolute atomic E-state index is 13.1. The fourth-order valence-electron chi connectivity index (χ4n) is 4.30. The molecule has 1 N–H and O–H groups in total. The number of hydrogen-bond acceptors (Lipinski definition) is 6. The predicted molar refractivity (Wildman–Crippen MR) is 105 cm³/mol. The largest absolute Gasteiger partial charge is 0.416 e. The highest BCUT2D eigenvalue weighted by Crippen LogP contribution is 2.43. The molecule has 1 saturated heterocycles. The number of nitro groups is 2. The van der Waals surface area contributed by atoms with E-state index in [-0.39, 0.29) is 31.0 Å². The maximum Gasteiger partial charge on any atom is 0.416 e. The lowest BCUT2D eigenvalue weighted by Gasteiger charge is -2.34. The molecule has 170 valence electrons. The Balaban J connectivity index is 1.78. The molecule has 0 unspecified atom stereocenters. The van der Waals surface area contributed by atoms with Crippen molar-refractivity contribution >= 4 is 23.0 Å². The van der Waals surface area contributed by atoms with Gasteiger partial charge in [-0.05, 0) is 25.7 Å². The first-order valence-electron chi connectivity index (χ1n) is 10.2. The van der Waals surface area contributed by atoms with E-state index in [0.717, 1.165) is 32.1 Å². The van der Waals surface area contributed by atoms with Crippen molar-refractivity contribution in [2.24, 2.45) is 5.92 Å². The minimum Gasteiger partial charge on any atom is -0.360 e. The summed E-state index contributed by atoms with van der Waals surface area (Å²) in [7, 11) is 0. The molecule has 1 aromatic rings. The van der Waals surface area contributed by atoms with Gasteiger partial charge in [0.2, 0.25) is 5.91 Å². The number of alkyl halides is 3. The molecule has 0 aromatic heterocycles. The van der Waals surface area contributed by atoms with Gasteiger partial charge in [-0.3, -0.25) is 25.0 Å². The van der Waals surface area contributed by atoms with Gasteiger partial charge in [0.1, 0.15) is 0 Å². The van der Waals surface area contributed by atoms with E-state index < -0.39 is 38.6 Å². The van der Waals surface area contributed by atoms with Gasteiger partial charge in [0.25, 0.3) is 11.4 Å². The zero-order chi connectivity index (χ0) is 22.8. The van der Waals surface area contributed by atoms with Crippen molar-refractivity contribution in [2.75, 3.05) is 18.0 Å². The second-order valence-corrected chi connectivity index (χ2v) is 7.98. The minimum atomic E-state index is -4.95. The highest BCUT2D eigenvalue weighted by molar-refractivity contribution is 5.79. The van der Waals surface area contributed by atoms with Gasteiger partial charge in [-0.2, -0.15) is 13.2 Å². The van der Waals surface area contributed by atoms with Crippen LogP contribution in [0.25, 0.3) is 0 Å². The molecule has 0 atom stereocenters. The van der Waals surface area contributed by atoms with Crippen LogP contribution in [0.3, 0.4) is 0 Å². The number of rotatable bonds is 5. The van der Waals surface area contributed by atoms with Crippen LogP contribution in [0.1, 0.15) is 50.5 Å². The average Bonchev–Trinajstić information content (AvgIpc) is 2.73. The zero-order valence-corrected chi connectivity index (χ0v) is 16.7. The molecule has 1 amide bonds. The quantitative estimate of drug-likeness (QED) is 0.537. The number of piperidine rings is 1. The number of nitrogens with one attached hydrogen (secondary N) is 1. The summed E-state index contributed by atoms with van der Waals surface area (Å²) < 4.78 is 39.2. The van der Waals surface area contributed by atoms with Crippen LogP contribution >= 0.6 is 0 Å². The van der Waals surface area contributed by atoms with Crippen molar-refractivity contribution in [2.45, 2.75) is 57.2 Å². The summed E-state index contributed by atoms with van der Waals surface area (Å²) in [6.45, 7) is 0.283. The van der Waals surface area contributed by atoms with Crippen LogP contribution in [0.15, 0.2) is 12.1 Å². The van der Waals surface area contributed by atoms with Gasteiger partial charge < -0.3 is 10.2 Å². The van der Waals surface area contributed by atoms with E-state index in [4.69, 9.17) is 0 Å². The summed E-state index contributed by atoms with van der Waals surface area (Å²) in [5.74, 6) is -0.0477. The van der Waals surface area contributed by atoms with Crippen molar-refractivity contribution < 1.29 is 27.8 Å². The predicted octanol–water partition coefficient (Wildman–Crippen LogP) is 4.19. The second kappa shape index (κ2) is 9.06. The average molecular weight is 444 g/mol. The van der Waals surface area contributed by atoms with Gasteiger partial charge in [0.15, 0.2) is 5.69 Å². The molecule has 1 aliphatic heterocycles. The van der Waals surface area contributed by atoms with Gasteiger partial charge in [-0.15, -0.1) is 0 Å². The molecule has 1 saturated carbocycles. The number of anilines is 1. The SMILES string of the molecule is O=C(NC1CCN(c2c([N+](=O)[O-])cc(C(F)(F)F)cc2[N+](=O)[O-])CC1)C1CCCCC1. The number of benzene rings is 1. The number of halogens is 3. The summed E-state index contributed by atoms with van der Waals surface area (Å²) in [5, 5.41) is 25.9. The van der Waals surface area contributed by atoms with Gasteiger partial charge in [-0.1, -0.05) is 19.3 Å². The summed E-state index contributed by atoms with van der Waals surface area (Å²) in [6.07, 6.45) is 0.637. The molecular formula is C19H23F3N4O5. The van der Waals surface area contributed by atoms with E-state index in [2.05, 4.69) is 5.32 Å². The summed E-state index contributed by atoms with van der Waals surface area (Å²) >= 11 is 0. The molecule has 0 spiro atoms. The molecule has 9 nitrogen and oxygen atoms in total. The second-order valence-electron chi connectivity index (χ2n) is 7.98. The highest BCUT2D eigenvalue weighted by atomic mass is 19.4. The summed E-state index contributed by atoms with van der Waals surface area (Å²) in [5.41, 5.74) is -3.78. The van der Waals surface area contributed by atoms with E-state index in [0.29, 0.717) is 25.0 Å². The van der Waals surface area contributed by atoms with Gasteiger partial charge >= 0.3 is 6.18 Å². The van der Waals surface area contributed by atoms with Crippen LogP contribution in [0.5, 0.6) is 0 Å². The van der Waals surface area contributed by atoms with Crippen molar-refractivity contribution in [1.29, 1.82) is 0 Å². The summed E-state index contributed by atoms with van der Waals surface area (Å²) in [6, 6.07) is 0.483. The third-order valence-electron chi connectivity index (χ3n) is 5.92. The Morgan fingerprint density at radius 2 is 1.48 bits per heavy atom. The Bertz CT molecular complexity index is 828. The zero-order valence-electron chi connectivity index (χ0n) is 16.7. The Hall–Kier alpha value is -2.92. The fraction of sp³-hybridized carbons (Fsp3) is 0.632. The van der Waals surface area contributed by atoms with Crippen LogP contribution in [0.4, 0.5) is 30.2 Å². The maximum atomic E-state index is 13.1. The first-order chi connectivity index (χ1) is 14.6. The van der Waals surface area contributed by atoms with E-state index in [1.54, 1.807) is 0 Å². The molecule has 2 aliphatic rings. The topological polar surface area (TPSA) is 119 Å². The number of nitro benzene ring substituents is 2. The van der Waals surface area contributed by atoms with Gasteiger partial charge in [0.05, 0.1) is 15.4 Å². The Morgan fingerprint density at radius 3 is 1.94 bits per heavy atom. The van der Waals surface area contributed by atoms with Crippen LogP contribution in [-0.2, 0) is 11.0 Å². The molecule has 1 aromatic carbocycles. The van der Waals surface area contributed by atoms with Crippen molar-refractivity contribution in [3.8, 4) is 0 Å². The lowest BCUT2D eigenvalue weighted by atomic mass is 9.88. The molecule has 1 aliphatic carbocycles. The van der Waals surface area contributed by atoms with Crippen LogP contribution in [0.2, 0.25) is 0 Å². The van der Waals surface area contributed by atoms with E-state index in [9.17, 15) is 38.2 Å². The van der Waals surface area contributed by atoms with Crippen molar-refractivity contribution in [3.05, 3.63) is 37.9 Å². The molecule has 2 fully saturated rings. The molecule has 1 heterocycles. The third kappa shape index (κ3) is 5.23. The monoisotopic (exact) mass is 444 g/mol. The first kappa shape index (κ1) is 22.8. The van der Waals surface area contributed by atoms with Crippen LogP contribution in [-0.4, -0.2) is 34.9 Å². The molecule has 31 heavy (non-hydrogen) atoms. The van der Waals surface area contributed by atoms with Crippen molar-refractivity contribution in [1.82, 2.24) is 5.32 Å². The number of hydrogen-bond donors (Lipinski definition) is 1. The van der Waals surface area contributed by atoms with Crippen LogP contribution in [0, 0.1) is 26.1 Å². The number of carbonyl (C=O) groups excluding carboxylic acids is 1. The standard InChI is InChI=1S/C19H23F3N4O5/c20-19(21,22)13-10-15(25(28)29)17(16(11-13)26(30)31)24-8-6-14(7-9-24)23-18(27)12-4-2-1-3-5-12/h10-12,14H,1-9H2,(H,23,27). The lowest BCUT2D eigenvalue weighted by molar-refractivity contribution is -0.393. The number of carbonyl (C=O) groups is 1. The van der Waals surface area contributed by atoms with E-state index >= 15 is 0 Å². The highest BCUT2D eigenvalue weighted by Gasteiger charge is 2.40. The van der Waals surface area contributed by atoms with Crippen LogP contribution < -0.4 is 10.2 Å². The van der Waals surface area contributed by atoms with E-state index in [1.807, 2.05) is 0 Å². The van der Waals surface area contributed by atoms with Gasteiger partial charge in [0, 0.05) is 37.2 Å². The number of amides is 1. The Labute approximate surface area is 175 Å². The smallest absolute Gasteiger partial charge is 0.360 e. The molecular weight excluding hydrogens is 421 g/mol. The fourth-order valence-corrected chi connectivity index (χ4v) is 4.30. The van der Waals surface area contributed by atoms with Crippen molar-refractivity contribution in [3.63, 3.8) is 0 Å².